The smallest absolute Gasteiger partial charge is 0.258 e. The number of hydrogen-bond donors (Lipinski definition) is 0. The van der Waals surface area contributed by atoms with Gasteiger partial charge in [0.05, 0.1) is 15.4 Å². The summed E-state index contributed by atoms with van der Waals surface area (Å²) in [5.74, 6) is 0. The van der Waals surface area contributed by atoms with E-state index in [-0.39, 0.29) is 27.1 Å². The van der Waals surface area contributed by atoms with Crippen LogP contribution in [0.25, 0.3) is 22.2 Å². The van der Waals surface area contributed by atoms with E-state index in [0.717, 1.165) is 16.1 Å². The molecule has 0 unspecified atom stereocenters. The van der Waals surface area contributed by atoms with Gasteiger partial charge in [0.2, 0.25) is 0 Å². The minimum atomic E-state index is -4.87. The fourth-order valence-electron chi connectivity index (χ4n) is 3.26. The summed E-state index contributed by atoms with van der Waals surface area (Å²) in [6, 6.07) is 12.6. The van der Waals surface area contributed by atoms with Gasteiger partial charge in [0.25, 0.3) is 15.7 Å². The van der Waals surface area contributed by atoms with E-state index in [1.165, 1.54) is 36.7 Å². The van der Waals surface area contributed by atoms with E-state index < -0.39 is 32.4 Å². The highest BCUT2D eigenvalue weighted by Gasteiger charge is 2.36. The molecule has 2 aromatic carbocycles. The molecule has 4 aromatic rings. The van der Waals surface area contributed by atoms with Gasteiger partial charge in [-0.25, -0.2) is 17.4 Å². The van der Waals surface area contributed by atoms with Crippen molar-refractivity contribution in [3.8, 4) is 11.1 Å². The number of hydrogen-bond acceptors (Lipinski definition) is 5. The third kappa shape index (κ3) is 3.52. The molecule has 2 aromatic heterocycles. The lowest BCUT2D eigenvalue weighted by atomic mass is 9.97. The Morgan fingerprint density at radius 1 is 0.968 bits per heavy atom. The summed E-state index contributed by atoms with van der Waals surface area (Å²) in [6.07, 6.45) is -2.46. The van der Waals surface area contributed by atoms with Crippen LogP contribution in [0.15, 0.2) is 78.0 Å². The first-order chi connectivity index (χ1) is 14.6. The monoisotopic (exact) mass is 447 g/mol. The van der Waals surface area contributed by atoms with Gasteiger partial charge in [-0.3, -0.25) is 10.1 Å². The molecule has 2 heterocycles. The Morgan fingerprint density at radius 3 is 2.32 bits per heavy atom. The Labute approximate surface area is 173 Å². The zero-order chi connectivity index (χ0) is 22.4. The van der Waals surface area contributed by atoms with Gasteiger partial charge in [-0.1, -0.05) is 18.2 Å². The Morgan fingerprint density at radius 2 is 1.68 bits per heavy atom. The second-order valence-electron chi connectivity index (χ2n) is 6.51. The summed E-state index contributed by atoms with van der Waals surface area (Å²) >= 11 is 0. The molecule has 0 bridgehead atoms. The van der Waals surface area contributed by atoms with Crippen LogP contribution in [0.3, 0.4) is 0 Å². The Hall–Kier alpha value is -3.73. The summed E-state index contributed by atoms with van der Waals surface area (Å²) in [5.41, 5.74) is -2.24. The van der Waals surface area contributed by atoms with Crippen LogP contribution in [0.1, 0.15) is 5.56 Å². The molecule has 31 heavy (non-hydrogen) atoms. The summed E-state index contributed by atoms with van der Waals surface area (Å²) in [7, 11) is -4.04. The summed E-state index contributed by atoms with van der Waals surface area (Å²) < 4.78 is 67.8. The van der Waals surface area contributed by atoms with Crippen molar-refractivity contribution in [1.29, 1.82) is 0 Å². The Kier molecular flexibility index (Phi) is 4.77. The number of rotatable bonds is 4. The number of nitro benzene ring substituents is 1. The highest BCUT2D eigenvalue weighted by Crippen LogP contribution is 2.41. The van der Waals surface area contributed by atoms with Crippen LogP contribution < -0.4 is 0 Å². The van der Waals surface area contributed by atoms with Gasteiger partial charge in [-0.2, -0.15) is 13.2 Å². The van der Waals surface area contributed by atoms with E-state index in [9.17, 15) is 31.7 Å². The molecule has 158 valence electrons. The minimum absolute atomic E-state index is 0.00832. The average molecular weight is 447 g/mol. The van der Waals surface area contributed by atoms with E-state index in [2.05, 4.69) is 4.98 Å². The molecular weight excluding hydrogens is 435 g/mol. The second kappa shape index (κ2) is 7.20. The molecule has 0 saturated heterocycles. The molecule has 7 nitrogen and oxygen atoms in total. The van der Waals surface area contributed by atoms with Crippen LogP contribution in [0.2, 0.25) is 0 Å². The number of non-ortho nitro benzene ring substituents is 1. The molecule has 0 fully saturated rings. The molecule has 0 aliphatic heterocycles. The van der Waals surface area contributed by atoms with E-state index in [1.54, 1.807) is 18.2 Å². The number of alkyl halides is 3. The fourth-order valence-corrected chi connectivity index (χ4v) is 4.59. The molecule has 0 spiro atoms. The quantitative estimate of drug-likeness (QED) is 0.329. The molecule has 0 N–H and O–H groups in total. The van der Waals surface area contributed by atoms with Gasteiger partial charge in [0, 0.05) is 29.9 Å². The summed E-state index contributed by atoms with van der Waals surface area (Å²) in [4.78, 5) is 14.1. The third-order valence-electron chi connectivity index (χ3n) is 4.66. The third-order valence-corrected chi connectivity index (χ3v) is 6.34. The largest absolute Gasteiger partial charge is 0.417 e. The summed E-state index contributed by atoms with van der Waals surface area (Å²) in [5, 5.41) is 11.1. The number of nitro groups is 1. The molecule has 0 radical (unpaired) electrons. The van der Waals surface area contributed by atoms with Crippen molar-refractivity contribution in [2.24, 2.45) is 0 Å². The van der Waals surface area contributed by atoms with Gasteiger partial charge >= 0.3 is 6.18 Å². The lowest BCUT2D eigenvalue weighted by Gasteiger charge is -2.14. The lowest BCUT2D eigenvalue weighted by Crippen LogP contribution is -2.12. The van der Waals surface area contributed by atoms with Gasteiger partial charge < -0.3 is 0 Å². The molecule has 0 aliphatic carbocycles. The molecule has 0 aliphatic rings. The molecule has 11 heteroatoms. The van der Waals surface area contributed by atoms with Crippen LogP contribution in [-0.2, 0) is 16.2 Å². The second-order valence-corrected chi connectivity index (χ2v) is 8.33. The first-order valence-corrected chi connectivity index (χ1v) is 10.2. The SMILES string of the molecule is O=[N+]([O-])c1ccc(-c2ccnc3c2ccn3S(=O)(=O)c2ccccc2)c(C(F)(F)F)c1. The Bertz CT molecular complexity index is 1410. The van der Waals surface area contributed by atoms with E-state index in [1.807, 2.05) is 0 Å². The van der Waals surface area contributed by atoms with Crippen molar-refractivity contribution in [3.63, 3.8) is 0 Å². The predicted molar refractivity (Wildman–Crippen MR) is 106 cm³/mol. The Balaban J connectivity index is 1.96. The zero-order valence-corrected chi connectivity index (χ0v) is 16.3. The van der Waals surface area contributed by atoms with Gasteiger partial charge in [0.15, 0.2) is 5.65 Å². The van der Waals surface area contributed by atoms with Gasteiger partial charge in [0.1, 0.15) is 0 Å². The molecule has 4 rings (SSSR count). The van der Waals surface area contributed by atoms with Gasteiger partial charge in [-0.15, -0.1) is 0 Å². The minimum Gasteiger partial charge on any atom is -0.258 e. The predicted octanol–water partition coefficient (Wildman–Crippen LogP) is 4.87. The number of halogens is 3. The van der Waals surface area contributed by atoms with E-state index in [0.29, 0.717) is 6.07 Å². The maximum absolute atomic E-state index is 13.7. The van der Waals surface area contributed by atoms with Gasteiger partial charge in [-0.05, 0) is 41.5 Å². The fraction of sp³-hybridized carbons (Fsp3) is 0.0500. The molecule has 0 saturated carbocycles. The normalized spacial score (nSPS) is 12.2. The van der Waals surface area contributed by atoms with Crippen LogP contribution in [0.5, 0.6) is 0 Å². The maximum atomic E-state index is 13.7. The van der Waals surface area contributed by atoms with Crippen molar-refractivity contribution >= 4 is 26.7 Å². The van der Waals surface area contributed by atoms with Crippen molar-refractivity contribution in [2.75, 3.05) is 0 Å². The average Bonchev–Trinajstić information content (AvgIpc) is 3.18. The lowest BCUT2D eigenvalue weighted by molar-refractivity contribution is -0.385. The molecule has 0 amide bonds. The van der Waals surface area contributed by atoms with Crippen molar-refractivity contribution in [1.82, 2.24) is 8.96 Å². The topological polar surface area (TPSA) is 95.1 Å². The number of aromatic nitrogens is 2. The van der Waals surface area contributed by atoms with Crippen molar-refractivity contribution in [3.05, 3.63) is 88.7 Å². The highest BCUT2D eigenvalue weighted by molar-refractivity contribution is 7.90. The van der Waals surface area contributed by atoms with Crippen LogP contribution >= 0.6 is 0 Å². The summed E-state index contributed by atoms with van der Waals surface area (Å²) in [6.45, 7) is 0. The van der Waals surface area contributed by atoms with Crippen molar-refractivity contribution in [2.45, 2.75) is 11.1 Å². The maximum Gasteiger partial charge on any atom is 0.417 e. The van der Waals surface area contributed by atoms with E-state index in [4.69, 9.17) is 0 Å². The first kappa shape index (κ1) is 20.5. The number of fused-ring (bicyclic) bond motifs is 1. The highest BCUT2D eigenvalue weighted by atomic mass is 32.2. The number of pyridine rings is 1. The molecule has 0 atom stereocenters. The first-order valence-electron chi connectivity index (χ1n) is 8.73. The molecular formula is C20H12F3N3O4S. The zero-order valence-electron chi connectivity index (χ0n) is 15.4. The van der Waals surface area contributed by atoms with E-state index >= 15 is 0 Å². The number of benzene rings is 2. The standard InChI is InChI=1S/C20H12F3N3O4S/c21-20(22,23)18-12-13(26(27)28)6-7-16(18)15-8-10-24-19-17(15)9-11-25(19)31(29,30)14-4-2-1-3-5-14/h1-12H. The van der Waals surface area contributed by atoms with Crippen LogP contribution in [0, 0.1) is 10.1 Å². The van der Waals surface area contributed by atoms with Crippen LogP contribution in [-0.4, -0.2) is 22.3 Å². The van der Waals surface area contributed by atoms with Crippen LogP contribution in [0.4, 0.5) is 18.9 Å². The number of nitrogens with zero attached hydrogens (tertiary/aromatic N) is 3. The van der Waals surface area contributed by atoms with Crippen molar-refractivity contribution < 1.29 is 26.5 Å².